The van der Waals surface area contributed by atoms with E-state index in [-0.39, 0.29) is 17.0 Å². The summed E-state index contributed by atoms with van der Waals surface area (Å²) < 4.78 is 25.4. The van der Waals surface area contributed by atoms with Crippen molar-refractivity contribution in [2.75, 3.05) is 0 Å². The van der Waals surface area contributed by atoms with Crippen molar-refractivity contribution in [3.63, 3.8) is 0 Å². The lowest BCUT2D eigenvalue weighted by Gasteiger charge is -2.10. The largest absolute Gasteiger partial charge is 0.306 e. The van der Waals surface area contributed by atoms with Gasteiger partial charge in [0.25, 0.3) is 21.5 Å². The van der Waals surface area contributed by atoms with E-state index in [0.29, 0.717) is 0 Å². The zero-order valence-electron chi connectivity index (χ0n) is 12.7. The number of hydrogen-bond acceptors (Lipinski definition) is 4. The first-order valence-electron chi connectivity index (χ1n) is 6.83. The highest BCUT2D eigenvalue weighted by atomic mass is 32.2. The number of sulfonamides is 1. The summed E-state index contributed by atoms with van der Waals surface area (Å²) in [4.78, 5) is 25.3. The van der Waals surface area contributed by atoms with Gasteiger partial charge in [-0.15, -0.1) is 4.83 Å². The zero-order chi connectivity index (χ0) is 17.0. The molecule has 1 aromatic carbocycles. The van der Waals surface area contributed by atoms with Gasteiger partial charge in [-0.05, 0) is 43.2 Å². The first kappa shape index (κ1) is 16.9. The molecule has 1 aromatic heterocycles. The first-order chi connectivity index (χ1) is 10.8. The maximum atomic E-state index is 12.1. The summed E-state index contributed by atoms with van der Waals surface area (Å²) >= 11 is 0. The van der Waals surface area contributed by atoms with E-state index < -0.39 is 15.9 Å². The van der Waals surface area contributed by atoms with E-state index in [1.54, 1.807) is 25.1 Å². The minimum Gasteiger partial charge on any atom is -0.306 e. The number of aromatic nitrogens is 1. The van der Waals surface area contributed by atoms with Crippen LogP contribution in [0.1, 0.15) is 11.1 Å². The fourth-order valence-corrected chi connectivity index (χ4v) is 2.79. The Morgan fingerprint density at radius 3 is 2.52 bits per heavy atom. The molecule has 2 N–H and O–H groups in total. The minimum absolute atomic E-state index is 0.0535. The summed E-state index contributed by atoms with van der Waals surface area (Å²) in [7, 11) is -3.87. The van der Waals surface area contributed by atoms with Gasteiger partial charge < -0.3 is 4.57 Å². The lowest BCUT2D eigenvalue weighted by molar-refractivity contribution is -0.122. The molecule has 122 valence electrons. The molecule has 1 amide bonds. The van der Waals surface area contributed by atoms with Crippen molar-refractivity contribution < 1.29 is 13.2 Å². The summed E-state index contributed by atoms with van der Waals surface area (Å²) in [5.74, 6) is -0.647. The maximum Gasteiger partial charge on any atom is 0.257 e. The van der Waals surface area contributed by atoms with Crippen molar-refractivity contribution in [2.45, 2.75) is 25.3 Å². The quantitative estimate of drug-likeness (QED) is 0.777. The van der Waals surface area contributed by atoms with Gasteiger partial charge in [-0.1, -0.05) is 12.1 Å². The van der Waals surface area contributed by atoms with Crippen LogP contribution < -0.4 is 15.8 Å². The van der Waals surface area contributed by atoms with Crippen LogP contribution in [0.5, 0.6) is 0 Å². The molecule has 0 spiro atoms. The maximum absolute atomic E-state index is 12.1. The van der Waals surface area contributed by atoms with E-state index in [0.717, 1.165) is 11.1 Å². The number of nitrogens with zero attached hydrogens (tertiary/aromatic N) is 1. The molecular weight excluding hydrogens is 318 g/mol. The Hall–Kier alpha value is -2.45. The number of carbonyl (C=O) groups excluding carboxylic acids is 1. The molecule has 0 aliphatic carbocycles. The van der Waals surface area contributed by atoms with Crippen LogP contribution in [-0.4, -0.2) is 18.9 Å². The number of hydrogen-bond donors (Lipinski definition) is 2. The number of pyridine rings is 1. The lowest BCUT2D eigenvalue weighted by Crippen LogP contribution is -2.44. The molecule has 23 heavy (non-hydrogen) atoms. The molecule has 0 bridgehead atoms. The Labute approximate surface area is 134 Å². The molecule has 0 radical (unpaired) electrons. The second kappa shape index (κ2) is 6.76. The van der Waals surface area contributed by atoms with E-state index in [1.807, 2.05) is 11.8 Å². The molecule has 1 heterocycles. The molecular formula is C15H17N3O4S. The molecule has 0 saturated heterocycles. The Kier molecular flexibility index (Phi) is 4.97. The molecule has 0 unspecified atom stereocenters. The van der Waals surface area contributed by atoms with Crippen molar-refractivity contribution in [3.05, 3.63) is 64.1 Å². The molecule has 0 aliphatic heterocycles. The third-order valence-corrected chi connectivity index (χ3v) is 4.57. The number of aryl methyl sites for hydroxylation is 2. The predicted molar refractivity (Wildman–Crippen MR) is 85.1 cm³/mol. The highest BCUT2D eigenvalue weighted by Gasteiger charge is 2.15. The summed E-state index contributed by atoms with van der Waals surface area (Å²) in [5, 5.41) is 0. The molecule has 2 rings (SSSR count). The lowest BCUT2D eigenvalue weighted by atomic mass is 10.1. The molecule has 2 aromatic rings. The third-order valence-electron chi connectivity index (χ3n) is 3.33. The highest BCUT2D eigenvalue weighted by molar-refractivity contribution is 7.89. The minimum atomic E-state index is -3.87. The van der Waals surface area contributed by atoms with Crippen LogP contribution in [0.15, 0.2) is 52.3 Å². The number of benzene rings is 1. The van der Waals surface area contributed by atoms with Gasteiger partial charge in [-0.2, -0.15) is 0 Å². The SMILES string of the molecule is Cc1ccc(S(=O)(=O)NNC(=O)Cn2ccccc2=O)cc1C. The summed E-state index contributed by atoms with van der Waals surface area (Å²) in [6, 6.07) is 9.14. The molecule has 8 heteroatoms. The van der Waals surface area contributed by atoms with Crippen molar-refractivity contribution in [3.8, 4) is 0 Å². The molecule has 0 atom stereocenters. The second-order valence-corrected chi connectivity index (χ2v) is 6.75. The fourth-order valence-electron chi connectivity index (χ4n) is 1.85. The molecule has 0 saturated carbocycles. The number of rotatable bonds is 5. The van der Waals surface area contributed by atoms with Crippen LogP contribution in [0.3, 0.4) is 0 Å². The van der Waals surface area contributed by atoms with Crippen LogP contribution >= 0.6 is 0 Å². The van der Waals surface area contributed by atoms with Crippen molar-refractivity contribution in [1.29, 1.82) is 0 Å². The van der Waals surface area contributed by atoms with Gasteiger partial charge in [-0.25, -0.2) is 8.42 Å². The van der Waals surface area contributed by atoms with E-state index in [2.05, 4.69) is 5.43 Å². The summed E-state index contributed by atoms with van der Waals surface area (Å²) in [6.07, 6.45) is 1.44. The average Bonchev–Trinajstić information content (AvgIpc) is 2.50. The number of hydrazine groups is 1. The van der Waals surface area contributed by atoms with Gasteiger partial charge in [-0.3, -0.25) is 15.0 Å². The van der Waals surface area contributed by atoms with Gasteiger partial charge in [0.15, 0.2) is 0 Å². The number of carbonyl (C=O) groups is 1. The molecule has 7 nitrogen and oxygen atoms in total. The third kappa shape index (κ3) is 4.27. The van der Waals surface area contributed by atoms with E-state index in [9.17, 15) is 18.0 Å². The van der Waals surface area contributed by atoms with Gasteiger partial charge in [0, 0.05) is 12.3 Å². The van der Waals surface area contributed by atoms with Gasteiger partial charge in [0.2, 0.25) is 0 Å². The first-order valence-corrected chi connectivity index (χ1v) is 8.31. The Balaban J connectivity index is 2.04. The van der Waals surface area contributed by atoms with Crippen LogP contribution in [0.25, 0.3) is 0 Å². The van der Waals surface area contributed by atoms with Gasteiger partial charge >= 0.3 is 0 Å². The van der Waals surface area contributed by atoms with Crippen LogP contribution in [0.2, 0.25) is 0 Å². The topological polar surface area (TPSA) is 97.3 Å². The van der Waals surface area contributed by atoms with Crippen molar-refractivity contribution in [2.24, 2.45) is 0 Å². The monoisotopic (exact) mass is 335 g/mol. The van der Waals surface area contributed by atoms with E-state index in [1.165, 1.54) is 29.0 Å². The van der Waals surface area contributed by atoms with Crippen LogP contribution in [0.4, 0.5) is 0 Å². The van der Waals surface area contributed by atoms with Crippen LogP contribution in [0, 0.1) is 13.8 Å². The predicted octanol–water partition coefficient (Wildman–Crippen LogP) is 0.475. The molecule has 0 aliphatic rings. The van der Waals surface area contributed by atoms with Crippen molar-refractivity contribution in [1.82, 2.24) is 14.8 Å². The Morgan fingerprint density at radius 2 is 1.87 bits per heavy atom. The smallest absolute Gasteiger partial charge is 0.257 e. The average molecular weight is 335 g/mol. The summed E-state index contributed by atoms with van der Waals surface area (Å²) in [5.41, 5.74) is 3.54. The zero-order valence-corrected chi connectivity index (χ0v) is 13.6. The van der Waals surface area contributed by atoms with E-state index >= 15 is 0 Å². The van der Waals surface area contributed by atoms with Gasteiger partial charge in [0.1, 0.15) is 6.54 Å². The number of amides is 1. The van der Waals surface area contributed by atoms with E-state index in [4.69, 9.17) is 0 Å². The van der Waals surface area contributed by atoms with Gasteiger partial charge in [0.05, 0.1) is 4.90 Å². The Morgan fingerprint density at radius 1 is 1.13 bits per heavy atom. The normalized spacial score (nSPS) is 11.2. The van der Waals surface area contributed by atoms with Crippen molar-refractivity contribution >= 4 is 15.9 Å². The number of nitrogens with one attached hydrogen (secondary N) is 2. The second-order valence-electron chi connectivity index (χ2n) is 5.07. The highest BCUT2D eigenvalue weighted by Crippen LogP contribution is 2.13. The summed E-state index contributed by atoms with van der Waals surface area (Å²) in [6.45, 7) is 3.39. The molecule has 0 fully saturated rings. The fraction of sp³-hybridized carbons (Fsp3) is 0.200. The van der Waals surface area contributed by atoms with Crippen LogP contribution in [-0.2, 0) is 21.4 Å². The Bertz CT molecular complexity index is 888. The standard InChI is InChI=1S/C15H17N3O4S/c1-11-6-7-13(9-12(11)2)23(21,22)17-16-14(19)10-18-8-4-3-5-15(18)20/h3-9,17H,10H2,1-2H3,(H,16,19).